The van der Waals surface area contributed by atoms with Crippen LogP contribution in [0.1, 0.15) is 32.3 Å². The molecule has 1 fully saturated rings. The van der Waals surface area contributed by atoms with Crippen molar-refractivity contribution in [2.24, 2.45) is 10.9 Å². The molecule has 1 aliphatic rings. The van der Waals surface area contributed by atoms with E-state index in [0.29, 0.717) is 6.61 Å². The molecule has 0 unspecified atom stereocenters. The molecular formula is C21H37IN4O2. The second-order valence-electron chi connectivity index (χ2n) is 7.34. The lowest BCUT2D eigenvalue weighted by Gasteiger charge is -2.26. The van der Waals surface area contributed by atoms with Gasteiger partial charge in [0.2, 0.25) is 0 Å². The van der Waals surface area contributed by atoms with Crippen molar-refractivity contribution < 1.29 is 9.47 Å². The Hall–Kier alpha value is -1.06. The maximum Gasteiger partial charge on any atom is 0.191 e. The average molecular weight is 504 g/mol. The first-order chi connectivity index (χ1) is 13.2. The van der Waals surface area contributed by atoms with E-state index in [0.717, 1.165) is 70.0 Å². The minimum absolute atomic E-state index is 0. The van der Waals surface area contributed by atoms with Gasteiger partial charge in [0.25, 0.3) is 0 Å². The van der Waals surface area contributed by atoms with E-state index in [4.69, 9.17) is 9.47 Å². The summed E-state index contributed by atoms with van der Waals surface area (Å²) in [5, 5.41) is 6.74. The number of hydrogen-bond acceptors (Lipinski definition) is 4. The highest BCUT2D eigenvalue weighted by molar-refractivity contribution is 14.0. The molecule has 0 atom stereocenters. The molecule has 0 amide bonds. The van der Waals surface area contributed by atoms with E-state index < -0.39 is 0 Å². The van der Waals surface area contributed by atoms with Crippen LogP contribution >= 0.6 is 24.0 Å². The van der Waals surface area contributed by atoms with Crippen molar-refractivity contribution in [1.29, 1.82) is 0 Å². The SMILES string of the molecule is CN=C(NCCCC(C)C)NCc1cccc(OCCN2CCOCC2)c1.I. The first kappa shape index (κ1) is 25.0. The van der Waals surface area contributed by atoms with Gasteiger partial charge in [-0.25, -0.2) is 0 Å². The number of nitrogens with one attached hydrogen (secondary N) is 2. The molecule has 7 heteroatoms. The number of morpholine rings is 1. The lowest BCUT2D eigenvalue weighted by molar-refractivity contribution is 0.0322. The number of benzene rings is 1. The lowest BCUT2D eigenvalue weighted by Crippen LogP contribution is -2.38. The van der Waals surface area contributed by atoms with Crippen LogP contribution in [-0.4, -0.2) is 63.9 Å². The third kappa shape index (κ3) is 10.5. The zero-order valence-electron chi connectivity index (χ0n) is 17.6. The zero-order chi connectivity index (χ0) is 19.3. The van der Waals surface area contributed by atoms with Gasteiger partial charge in [0.1, 0.15) is 12.4 Å². The van der Waals surface area contributed by atoms with Crippen molar-refractivity contribution in [3.8, 4) is 5.75 Å². The van der Waals surface area contributed by atoms with Crippen molar-refractivity contribution in [2.45, 2.75) is 33.2 Å². The van der Waals surface area contributed by atoms with Crippen LogP contribution in [0, 0.1) is 5.92 Å². The Morgan fingerprint density at radius 1 is 1.25 bits per heavy atom. The van der Waals surface area contributed by atoms with Gasteiger partial charge in [-0.1, -0.05) is 26.0 Å². The second kappa shape index (κ2) is 14.9. The van der Waals surface area contributed by atoms with Crippen LogP contribution in [0.15, 0.2) is 29.3 Å². The molecule has 1 aliphatic heterocycles. The first-order valence-electron chi connectivity index (χ1n) is 10.1. The van der Waals surface area contributed by atoms with Crippen LogP contribution in [-0.2, 0) is 11.3 Å². The van der Waals surface area contributed by atoms with E-state index in [9.17, 15) is 0 Å². The molecule has 0 radical (unpaired) electrons. The highest BCUT2D eigenvalue weighted by atomic mass is 127. The maximum atomic E-state index is 5.93. The Bertz CT molecular complexity index is 563. The summed E-state index contributed by atoms with van der Waals surface area (Å²) in [4.78, 5) is 6.67. The molecule has 0 bridgehead atoms. The molecule has 2 N–H and O–H groups in total. The summed E-state index contributed by atoms with van der Waals surface area (Å²) < 4.78 is 11.3. The van der Waals surface area contributed by atoms with Gasteiger partial charge < -0.3 is 20.1 Å². The smallest absolute Gasteiger partial charge is 0.191 e. The van der Waals surface area contributed by atoms with Gasteiger partial charge in [0.15, 0.2) is 5.96 Å². The Morgan fingerprint density at radius 3 is 2.75 bits per heavy atom. The molecular weight excluding hydrogens is 467 g/mol. The van der Waals surface area contributed by atoms with Gasteiger partial charge in [-0.15, -0.1) is 24.0 Å². The van der Waals surface area contributed by atoms with Crippen LogP contribution in [0.3, 0.4) is 0 Å². The number of halogens is 1. The second-order valence-corrected chi connectivity index (χ2v) is 7.34. The van der Waals surface area contributed by atoms with Gasteiger partial charge in [-0.2, -0.15) is 0 Å². The van der Waals surface area contributed by atoms with Crippen LogP contribution < -0.4 is 15.4 Å². The third-order valence-electron chi connectivity index (χ3n) is 4.61. The molecule has 28 heavy (non-hydrogen) atoms. The molecule has 2 rings (SSSR count). The fourth-order valence-corrected chi connectivity index (χ4v) is 2.99. The molecule has 0 saturated carbocycles. The topological polar surface area (TPSA) is 58.1 Å². The molecule has 0 aromatic heterocycles. The molecule has 160 valence electrons. The predicted molar refractivity (Wildman–Crippen MR) is 127 cm³/mol. The summed E-state index contributed by atoms with van der Waals surface area (Å²) >= 11 is 0. The van der Waals surface area contributed by atoms with Crippen molar-refractivity contribution in [3.63, 3.8) is 0 Å². The largest absolute Gasteiger partial charge is 0.492 e. The van der Waals surface area contributed by atoms with Gasteiger partial charge in [-0.05, 0) is 36.5 Å². The van der Waals surface area contributed by atoms with Gasteiger partial charge >= 0.3 is 0 Å². The summed E-state index contributed by atoms with van der Waals surface area (Å²) in [5.41, 5.74) is 1.18. The van der Waals surface area contributed by atoms with Gasteiger partial charge in [-0.3, -0.25) is 9.89 Å². The normalized spacial score (nSPS) is 15.2. The molecule has 1 aromatic rings. The van der Waals surface area contributed by atoms with E-state index in [1.165, 1.54) is 12.0 Å². The third-order valence-corrected chi connectivity index (χ3v) is 4.61. The van der Waals surface area contributed by atoms with Crippen LogP contribution in [0.25, 0.3) is 0 Å². The monoisotopic (exact) mass is 504 g/mol. The summed E-state index contributed by atoms with van der Waals surface area (Å²) in [6.07, 6.45) is 2.39. The fourth-order valence-electron chi connectivity index (χ4n) is 2.99. The highest BCUT2D eigenvalue weighted by Crippen LogP contribution is 2.13. The van der Waals surface area contributed by atoms with Crippen molar-refractivity contribution >= 4 is 29.9 Å². The molecule has 0 aliphatic carbocycles. The summed E-state index contributed by atoms with van der Waals surface area (Å²) in [6, 6.07) is 8.26. The van der Waals surface area contributed by atoms with E-state index in [2.05, 4.69) is 46.5 Å². The Labute approximate surface area is 187 Å². The molecule has 6 nitrogen and oxygen atoms in total. The average Bonchev–Trinajstić information content (AvgIpc) is 2.68. The standard InChI is InChI=1S/C21H36N4O2.HI/c1-18(2)6-5-9-23-21(22-3)24-17-19-7-4-8-20(16-19)27-15-12-25-10-13-26-14-11-25;/h4,7-8,16,18H,5-6,9-15,17H2,1-3H3,(H2,22,23,24);1H. The maximum absolute atomic E-state index is 5.93. The van der Waals surface area contributed by atoms with Crippen molar-refractivity contribution in [2.75, 3.05) is 53.0 Å². The number of hydrogen-bond donors (Lipinski definition) is 2. The zero-order valence-corrected chi connectivity index (χ0v) is 19.9. The first-order valence-corrected chi connectivity index (χ1v) is 10.1. The Morgan fingerprint density at radius 2 is 2.04 bits per heavy atom. The van der Waals surface area contributed by atoms with E-state index in [-0.39, 0.29) is 24.0 Å². The molecule has 1 saturated heterocycles. The quantitative estimate of drug-likeness (QED) is 0.222. The fraction of sp³-hybridized carbons (Fsp3) is 0.667. The molecule has 1 aromatic carbocycles. The Kier molecular flexibility index (Phi) is 13.3. The van der Waals surface area contributed by atoms with E-state index in [1.54, 1.807) is 0 Å². The molecule has 0 spiro atoms. The van der Waals surface area contributed by atoms with Crippen LogP contribution in [0.2, 0.25) is 0 Å². The van der Waals surface area contributed by atoms with Crippen molar-refractivity contribution in [1.82, 2.24) is 15.5 Å². The van der Waals surface area contributed by atoms with E-state index in [1.807, 2.05) is 19.2 Å². The Balaban J connectivity index is 0.00000392. The van der Waals surface area contributed by atoms with E-state index >= 15 is 0 Å². The number of nitrogens with zero attached hydrogens (tertiary/aromatic N) is 2. The number of ether oxygens (including phenoxy) is 2. The predicted octanol–water partition coefficient (Wildman–Crippen LogP) is 3.12. The van der Waals surface area contributed by atoms with Crippen LogP contribution in [0.5, 0.6) is 5.75 Å². The minimum Gasteiger partial charge on any atom is -0.492 e. The number of guanidine groups is 1. The van der Waals surface area contributed by atoms with Gasteiger partial charge in [0.05, 0.1) is 13.2 Å². The van der Waals surface area contributed by atoms with Crippen LogP contribution in [0.4, 0.5) is 0 Å². The summed E-state index contributed by atoms with van der Waals surface area (Å²) in [7, 11) is 1.81. The van der Waals surface area contributed by atoms with Crippen molar-refractivity contribution in [3.05, 3.63) is 29.8 Å². The number of rotatable bonds is 10. The summed E-state index contributed by atoms with van der Waals surface area (Å²) in [5.74, 6) is 2.51. The molecule has 1 heterocycles. The summed E-state index contributed by atoms with van der Waals surface area (Å²) in [6.45, 7) is 11.5. The van der Waals surface area contributed by atoms with Gasteiger partial charge in [0, 0.05) is 39.8 Å². The lowest BCUT2D eigenvalue weighted by atomic mass is 10.1. The minimum atomic E-state index is 0. The number of aliphatic imine (C=N–C) groups is 1. The highest BCUT2D eigenvalue weighted by Gasteiger charge is 2.09.